The highest BCUT2D eigenvalue weighted by atomic mass is 35.7. The van der Waals surface area contributed by atoms with Crippen molar-refractivity contribution in [3.8, 4) is 0 Å². The first-order chi connectivity index (χ1) is 6.51. The van der Waals surface area contributed by atoms with Crippen molar-refractivity contribution in [3.63, 3.8) is 0 Å². The van der Waals surface area contributed by atoms with Crippen LogP contribution in [0.2, 0.25) is 0 Å². The van der Waals surface area contributed by atoms with Crippen molar-refractivity contribution in [2.24, 2.45) is 0 Å². The molecule has 0 saturated heterocycles. The highest BCUT2D eigenvalue weighted by Gasteiger charge is 2.06. The number of rotatable bonds is 5. The second-order valence-corrected chi connectivity index (χ2v) is 7.65. The molecule has 0 radical (unpaired) electrons. The molecule has 0 spiro atoms. The number of hydrogen-bond donors (Lipinski definition) is 0. The maximum Gasteiger partial charge on any atom is 0.233 e. The highest BCUT2D eigenvalue weighted by molar-refractivity contribution is 8.14. The third-order valence-electron chi connectivity index (χ3n) is 1.45. The molecule has 0 fully saturated rings. The monoisotopic (exact) mass is 271 g/mol. The number of hydrogen-bond acceptors (Lipinski definition) is 5. The van der Waals surface area contributed by atoms with Crippen LogP contribution in [0.4, 0.5) is 0 Å². The molecule has 1 aromatic heterocycles. The summed E-state index contributed by atoms with van der Waals surface area (Å²) in [7, 11) is 1.71. The predicted octanol–water partition coefficient (Wildman–Crippen LogP) is 2.37. The summed E-state index contributed by atoms with van der Waals surface area (Å²) in [5, 5.41) is 1.98. The molecule has 14 heavy (non-hydrogen) atoms. The Balaban J connectivity index is 2.39. The van der Waals surface area contributed by atoms with Crippen LogP contribution >= 0.6 is 33.8 Å². The molecular weight excluding hydrogens is 262 g/mol. The van der Waals surface area contributed by atoms with E-state index in [4.69, 9.17) is 10.7 Å². The second-order valence-electron chi connectivity index (χ2n) is 2.55. The second kappa shape index (κ2) is 5.34. The lowest BCUT2D eigenvalue weighted by Gasteiger charge is -1.93. The summed E-state index contributed by atoms with van der Waals surface area (Å²) in [6.07, 6.45) is 0.908. The molecule has 0 bridgehead atoms. The van der Waals surface area contributed by atoms with Crippen LogP contribution in [0.25, 0.3) is 0 Å². The maximum absolute atomic E-state index is 10.6. The van der Waals surface area contributed by atoms with Gasteiger partial charge >= 0.3 is 0 Å². The van der Waals surface area contributed by atoms with E-state index in [0.717, 1.165) is 16.5 Å². The number of aromatic nitrogens is 1. The van der Waals surface area contributed by atoms with Gasteiger partial charge in [0, 0.05) is 21.8 Å². The number of nitrogens with zero attached hydrogens (tertiary/aromatic N) is 1. The minimum Gasteiger partial charge on any atom is -0.235 e. The van der Waals surface area contributed by atoms with Crippen LogP contribution in [-0.2, 0) is 15.5 Å². The summed E-state index contributed by atoms with van der Waals surface area (Å²) in [4.78, 5) is 4.29. The van der Waals surface area contributed by atoms with Crippen molar-refractivity contribution < 1.29 is 8.42 Å². The van der Waals surface area contributed by atoms with E-state index < -0.39 is 9.05 Å². The predicted molar refractivity (Wildman–Crippen MR) is 61.9 cm³/mol. The zero-order valence-corrected chi connectivity index (χ0v) is 10.8. The van der Waals surface area contributed by atoms with E-state index in [1.165, 1.54) is 23.1 Å². The van der Waals surface area contributed by atoms with Gasteiger partial charge in [0.1, 0.15) is 4.34 Å². The smallest absolute Gasteiger partial charge is 0.233 e. The third kappa shape index (κ3) is 4.63. The van der Waals surface area contributed by atoms with E-state index in [9.17, 15) is 8.42 Å². The molecule has 0 aliphatic carbocycles. The van der Waals surface area contributed by atoms with Crippen molar-refractivity contribution in [1.29, 1.82) is 0 Å². The molecule has 7 heteroatoms. The third-order valence-corrected chi connectivity index (χ3v) is 4.93. The molecule has 0 unspecified atom stereocenters. The lowest BCUT2D eigenvalue weighted by Crippen LogP contribution is -1.99. The van der Waals surface area contributed by atoms with Gasteiger partial charge in [0.2, 0.25) is 9.05 Å². The zero-order valence-electron chi connectivity index (χ0n) is 7.57. The fourth-order valence-electron chi connectivity index (χ4n) is 0.746. The van der Waals surface area contributed by atoms with Crippen molar-refractivity contribution in [2.45, 2.75) is 17.7 Å². The molecule has 1 aromatic rings. The van der Waals surface area contributed by atoms with Crippen LogP contribution in [0.5, 0.6) is 0 Å². The Morgan fingerprint density at radius 2 is 2.36 bits per heavy atom. The first-order valence-corrected chi connectivity index (χ1v) is 8.35. The van der Waals surface area contributed by atoms with Gasteiger partial charge in [-0.2, -0.15) is 0 Å². The molecule has 0 aliphatic rings. The average Bonchev–Trinajstić information content (AvgIpc) is 2.50. The number of halogens is 1. The lowest BCUT2D eigenvalue weighted by molar-refractivity contribution is 0.611. The van der Waals surface area contributed by atoms with Crippen LogP contribution in [0.15, 0.2) is 9.72 Å². The van der Waals surface area contributed by atoms with Gasteiger partial charge in [0.15, 0.2) is 0 Å². The summed E-state index contributed by atoms with van der Waals surface area (Å²) in [5.41, 5.74) is 1.05. The molecule has 80 valence electrons. The molecule has 3 nitrogen and oxygen atoms in total. The van der Waals surface area contributed by atoms with Gasteiger partial charge in [-0.25, -0.2) is 13.4 Å². The van der Waals surface area contributed by atoms with Crippen LogP contribution in [0.3, 0.4) is 0 Å². The minimum atomic E-state index is -3.36. The Hall–Kier alpha value is 0.220. The Labute approximate surface area is 96.3 Å². The quantitative estimate of drug-likeness (QED) is 0.609. The van der Waals surface area contributed by atoms with Crippen molar-refractivity contribution in [1.82, 2.24) is 4.98 Å². The molecule has 0 aliphatic heterocycles. The van der Waals surface area contributed by atoms with Crippen LogP contribution in [-0.4, -0.2) is 24.9 Å². The van der Waals surface area contributed by atoms with Gasteiger partial charge in [-0.05, 0) is 6.42 Å². The van der Waals surface area contributed by atoms with Crippen molar-refractivity contribution in [2.75, 3.05) is 11.5 Å². The summed E-state index contributed by atoms with van der Waals surface area (Å²) in [5.74, 6) is 0.447. The fourth-order valence-corrected chi connectivity index (χ4v) is 4.09. The zero-order chi connectivity index (χ0) is 10.6. The Kier molecular flexibility index (Phi) is 4.69. The van der Waals surface area contributed by atoms with E-state index in [2.05, 4.69) is 4.98 Å². The Morgan fingerprint density at radius 3 is 2.86 bits per heavy atom. The number of aryl methyl sites for hydroxylation is 1. The van der Waals surface area contributed by atoms with Gasteiger partial charge in [-0.1, -0.05) is 18.7 Å². The van der Waals surface area contributed by atoms with E-state index in [1.807, 2.05) is 12.3 Å². The fraction of sp³-hybridized carbons (Fsp3) is 0.571. The summed E-state index contributed by atoms with van der Waals surface area (Å²) < 4.78 is 22.1. The van der Waals surface area contributed by atoms with E-state index in [1.54, 1.807) is 0 Å². The van der Waals surface area contributed by atoms with E-state index in [-0.39, 0.29) is 5.75 Å². The molecular formula is C7H10ClNO2S3. The first kappa shape index (κ1) is 12.3. The summed E-state index contributed by atoms with van der Waals surface area (Å²) >= 11 is 2.97. The Morgan fingerprint density at radius 1 is 1.64 bits per heavy atom. The normalized spacial score (nSPS) is 11.9. The van der Waals surface area contributed by atoms with Crippen molar-refractivity contribution in [3.05, 3.63) is 11.1 Å². The van der Waals surface area contributed by atoms with Crippen molar-refractivity contribution >= 4 is 42.8 Å². The molecule has 1 heterocycles. The van der Waals surface area contributed by atoms with Gasteiger partial charge in [0.25, 0.3) is 0 Å². The molecule has 0 saturated carbocycles. The lowest BCUT2D eigenvalue weighted by atomic mass is 10.4. The number of thioether (sulfide) groups is 1. The van der Waals surface area contributed by atoms with Gasteiger partial charge < -0.3 is 0 Å². The van der Waals surface area contributed by atoms with Gasteiger partial charge in [-0.3, -0.25) is 0 Å². The van der Waals surface area contributed by atoms with Crippen LogP contribution in [0.1, 0.15) is 12.6 Å². The summed E-state index contributed by atoms with van der Waals surface area (Å²) in [6, 6.07) is 0. The van der Waals surface area contributed by atoms with Gasteiger partial charge in [-0.15, -0.1) is 11.3 Å². The molecule has 0 N–H and O–H groups in total. The van der Waals surface area contributed by atoms with E-state index >= 15 is 0 Å². The van der Waals surface area contributed by atoms with Crippen LogP contribution in [0, 0.1) is 0 Å². The van der Waals surface area contributed by atoms with Gasteiger partial charge in [0.05, 0.1) is 11.4 Å². The molecule has 0 atom stereocenters. The maximum atomic E-state index is 10.6. The highest BCUT2D eigenvalue weighted by Crippen LogP contribution is 2.23. The topological polar surface area (TPSA) is 47.0 Å². The largest absolute Gasteiger partial charge is 0.235 e. The number of thiazole rings is 1. The standard InChI is InChI=1S/C7H10ClNO2S3/c1-2-6-5-13-7(9-6)12-3-4-14(8,10)11/h5H,2-4H2,1H3. The van der Waals surface area contributed by atoms with E-state index in [0.29, 0.717) is 5.75 Å². The molecule has 0 aromatic carbocycles. The Bertz CT molecular complexity index is 387. The minimum absolute atomic E-state index is 0.0136. The molecule has 0 amide bonds. The first-order valence-electron chi connectivity index (χ1n) is 4.01. The average molecular weight is 272 g/mol. The van der Waals surface area contributed by atoms with Crippen LogP contribution < -0.4 is 0 Å². The SMILES string of the molecule is CCc1csc(SCCS(=O)(=O)Cl)n1. The summed E-state index contributed by atoms with van der Waals surface area (Å²) in [6.45, 7) is 2.03. The molecule has 1 rings (SSSR count).